The summed E-state index contributed by atoms with van der Waals surface area (Å²) in [6.45, 7) is 4.92. The molecule has 1 aromatic rings. The van der Waals surface area contributed by atoms with E-state index in [1.807, 2.05) is 18.2 Å². The number of nitrogens with two attached hydrogens (primary N) is 1. The number of nitrogens with one attached hydrogen (secondary N) is 1. The maximum Gasteiger partial charge on any atom is 0.101 e. The summed E-state index contributed by atoms with van der Waals surface area (Å²) in [5, 5.41) is 25.4. The highest BCUT2D eigenvalue weighted by atomic mass is 16.3. The summed E-state index contributed by atoms with van der Waals surface area (Å²) in [5.74, 6) is 0.789. The van der Waals surface area contributed by atoms with Gasteiger partial charge in [-0.3, -0.25) is 0 Å². The summed E-state index contributed by atoms with van der Waals surface area (Å²) in [6.07, 6.45) is 5.80. The van der Waals surface area contributed by atoms with Gasteiger partial charge in [-0.15, -0.1) is 0 Å². The lowest BCUT2D eigenvalue weighted by Gasteiger charge is -2.66. The first-order chi connectivity index (χ1) is 12.2. The molecule has 0 saturated heterocycles. The zero-order valence-electron chi connectivity index (χ0n) is 15.9. The van der Waals surface area contributed by atoms with E-state index < -0.39 is 18.2 Å². The van der Waals surface area contributed by atoms with E-state index in [1.54, 1.807) is 0 Å². The number of hydrogen-bond acceptors (Lipinski definition) is 4. The van der Waals surface area contributed by atoms with Crippen LogP contribution in [0.3, 0.4) is 0 Å². The SMILES string of the molecule is CC12CC3CC(C)(C1)CC(N[C@@H]1c4ccccc4[C@H](N)[C@@H](O)[C@H]1O)(C3)C2. The van der Waals surface area contributed by atoms with Gasteiger partial charge in [-0.05, 0) is 66.4 Å². The first-order valence-electron chi connectivity index (χ1n) is 10.2. The molecule has 4 bridgehead atoms. The number of rotatable bonds is 2. The topological polar surface area (TPSA) is 78.5 Å². The van der Waals surface area contributed by atoms with Gasteiger partial charge in [0, 0.05) is 5.54 Å². The van der Waals surface area contributed by atoms with Crippen molar-refractivity contribution in [2.75, 3.05) is 0 Å². The Kier molecular flexibility index (Phi) is 3.51. The zero-order chi connectivity index (χ0) is 18.3. The minimum absolute atomic E-state index is 0.0723. The lowest BCUT2D eigenvalue weighted by molar-refractivity contribution is -0.130. The molecule has 0 spiro atoms. The number of aliphatic hydroxyl groups is 2. The monoisotopic (exact) mass is 356 g/mol. The summed E-state index contributed by atoms with van der Waals surface area (Å²) in [7, 11) is 0. The van der Waals surface area contributed by atoms with Crippen LogP contribution in [0.4, 0.5) is 0 Å². The van der Waals surface area contributed by atoms with Crippen LogP contribution in [0.25, 0.3) is 0 Å². The highest BCUT2D eigenvalue weighted by Crippen LogP contribution is 2.66. The van der Waals surface area contributed by atoms with Crippen LogP contribution >= 0.6 is 0 Å². The fourth-order valence-corrected chi connectivity index (χ4v) is 7.98. The molecule has 0 heterocycles. The third kappa shape index (κ3) is 2.42. The van der Waals surface area contributed by atoms with Gasteiger partial charge in [-0.2, -0.15) is 0 Å². The van der Waals surface area contributed by atoms with Crippen molar-refractivity contribution in [2.24, 2.45) is 22.5 Å². The van der Waals surface area contributed by atoms with E-state index in [-0.39, 0.29) is 11.6 Å². The third-order valence-electron chi connectivity index (χ3n) is 7.84. The Morgan fingerprint density at radius 2 is 1.54 bits per heavy atom. The Morgan fingerprint density at radius 1 is 0.923 bits per heavy atom. The number of fused-ring (bicyclic) bond motifs is 1. The lowest BCUT2D eigenvalue weighted by Crippen LogP contribution is -2.66. The summed E-state index contributed by atoms with van der Waals surface area (Å²) >= 11 is 0. The summed E-state index contributed by atoms with van der Waals surface area (Å²) in [6, 6.07) is 7.26. The normalized spacial score (nSPS) is 52.1. The first kappa shape index (κ1) is 17.2. The molecule has 0 amide bonds. The molecule has 6 atom stereocenters. The minimum atomic E-state index is -0.928. The van der Waals surface area contributed by atoms with Gasteiger partial charge in [0.25, 0.3) is 0 Å². The summed E-state index contributed by atoms with van der Waals surface area (Å²) in [5.41, 5.74) is 9.13. The number of aliphatic hydroxyl groups excluding tert-OH is 2. The molecule has 4 nitrogen and oxygen atoms in total. The van der Waals surface area contributed by atoms with E-state index in [9.17, 15) is 10.2 Å². The maximum absolute atomic E-state index is 10.9. The molecule has 4 heteroatoms. The van der Waals surface area contributed by atoms with Crippen LogP contribution in [0.2, 0.25) is 0 Å². The van der Waals surface area contributed by atoms with Gasteiger partial charge in [0.05, 0.1) is 12.1 Å². The van der Waals surface area contributed by atoms with Crippen molar-refractivity contribution >= 4 is 0 Å². The molecule has 0 aromatic heterocycles. The van der Waals surface area contributed by atoms with Crippen molar-refractivity contribution in [3.63, 3.8) is 0 Å². The minimum Gasteiger partial charge on any atom is -0.388 e. The molecule has 4 fully saturated rings. The van der Waals surface area contributed by atoms with Crippen LogP contribution in [0.1, 0.15) is 75.6 Å². The first-order valence-corrected chi connectivity index (χ1v) is 10.2. The molecule has 5 aliphatic rings. The molecule has 2 unspecified atom stereocenters. The molecule has 0 radical (unpaired) electrons. The van der Waals surface area contributed by atoms with Crippen LogP contribution in [-0.4, -0.2) is 28.0 Å². The van der Waals surface area contributed by atoms with Gasteiger partial charge in [0.1, 0.15) is 12.2 Å². The summed E-state index contributed by atoms with van der Waals surface area (Å²) < 4.78 is 0. The van der Waals surface area contributed by atoms with Crippen LogP contribution in [0.15, 0.2) is 24.3 Å². The van der Waals surface area contributed by atoms with Gasteiger partial charge in [0.2, 0.25) is 0 Å². The Balaban J connectivity index is 1.52. The molecule has 26 heavy (non-hydrogen) atoms. The Labute approximate surface area is 156 Å². The maximum atomic E-state index is 10.9. The molecular formula is C22H32N2O2. The molecular weight excluding hydrogens is 324 g/mol. The molecule has 5 aliphatic carbocycles. The summed E-state index contributed by atoms with van der Waals surface area (Å²) in [4.78, 5) is 0. The highest BCUT2D eigenvalue weighted by Gasteiger charge is 2.61. The Hall–Kier alpha value is -0.940. The predicted octanol–water partition coefficient (Wildman–Crippen LogP) is 2.80. The molecule has 0 aliphatic heterocycles. The standard InChI is InChI=1S/C22H32N2O2/c1-20-7-13-8-21(2,10-20)12-22(9-13,11-20)24-17-15-6-4-3-5-14(15)16(23)18(25)19(17)26/h3-6,13,16-19,24-26H,7-12,23H2,1-2H3/t13?,16-,17+,18+,19-,20?,21?,22?/m0/s1. The van der Waals surface area contributed by atoms with Crippen LogP contribution in [0.5, 0.6) is 0 Å². The zero-order valence-corrected chi connectivity index (χ0v) is 15.9. The van der Waals surface area contributed by atoms with Gasteiger partial charge in [-0.1, -0.05) is 38.1 Å². The third-order valence-corrected chi connectivity index (χ3v) is 7.84. The quantitative estimate of drug-likeness (QED) is 0.657. The van der Waals surface area contributed by atoms with Gasteiger partial charge in [-0.25, -0.2) is 0 Å². The smallest absolute Gasteiger partial charge is 0.101 e. The molecule has 6 rings (SSSR count). The number of hydrogen-bond donors (Lipinski definition) is 4. The van der Waals surface area contributed by atoms with E-state index in [0.29, 0.717) is 10.8 Å². The van der Waals surface area contributed by atoms with Gasteiger partial charge < -0.3 is 21.3 Å². The molecule has 142 valence electrons. The lowest BCUT2D eigenvalue weighted by atomic mass is 9.42. The van der Waals surface area contributed by atoms with Crippen molar-refractivity contribution in [1.82, 2.24) is 5.32 Å². The van der Waals surface area contributed by atoms with Crippen molar-refractivity contribution in [3.8, 4) is 0 Å². The second kappa shape index (κ2) is 5.32. The second-order valence-electron chi connectivity index (χ2n) is 10.7. The van der Waals surface area contributed by atoms with E-state index in [4.69, 9.17) is 5.73 Å². The fraction of sp³-hybridized carbons (Fsp3) is 0.727. The fourth-order valence-electron chi connectivity index (χ4n) is 7.98. The second-order valence-corrected chi connectivity index (χ2v) is 10.7. The van der Waals surface area contributed by atoms with Crippen LogP contribution in [0, 0.1) is 16.7 Å². The van der Waals surface area contributed by atoms with Gasteiger partial charge in [0.15, 0.2) is 0 Å². The molecule has 4 saturated carbocycles. The van der Waals surface area contributed by atoms with Crippen LogP contribution < -0.4 is 11.1 Å². The predicted molar refractivity (Wildman–Crippen MR) is 101 cm³/mol. The van der Waals surface area contributed by atoms with E-state index >= 15 is 0 Å². The van der Waals surface area contributed by atoms with Crippen LogP contribution in [-0.2, 0) is 0 Å². The molecule has 5 N–H and O–H groups in total. The average molecular weight is 357 g/mol. The van der Waals surface area contributed by atoms with Crippen molar-refractivity contribution in [1.29, 1.82) is 0 Å². The largest absolute Gasteiger partial charge is 0.388 e. The Morgan fingerprint density at radius 3 is 2.15 bits per heavy atom. The van der Waals surface area contributed by atoms with Gasteiger partial charge >= 0.3 is 0 Å². The van der Waals surface area contributed by atoms with Crippen molar-refractivity contribution < 1.29 is 10.2 Å². The van der Waals surface area contributed by atoms with E-state index in [1.165, 1.54) is 38.5 Å². The highest BCUT2D eigenvalue weighted by molar-refractivity contribution is 5.38. The van der Waals surface area contributed by atoms with E-state index in [2.05, 4.69) is 25.2 Å². The molecule has 1 aromatic carbocycles. The van der Waals surface area contributed by atoms with Crippen molar-refractivity contribution in [2.45, 2.75) is 82.2 Å². The van der Waals surface area contributed by atoms with Crippen molar-refractivity contribution in [3.05, 3.63) is 35.4 Å². The number of benzene rings is 1. The van der Waals surface area contributed by atoms with E-state index in [0.717, 1.165) is 17.0 Å². The Bertz CT molecular complexity index is 717. The average Bonchev–Trinajstić information content (AvgIpc) is 2.53.